The number of hydrogen-bond acceptors (Lipinski definition) is 3. The average Bonchev–Trinajstić information content (AvgIpc) is 2.93. The van der Waals surface area contributed by atoms with Gasteiger partial charge in [-0.05, 0) is 36.1 Å². The molecule has 0 saturated heterocycles. The molecule has 0 aliphatic heterocycles. The van der Waals surface area contributed by atoms with Gasteiger partial charge < -0.3 is 10.1 Å². The zero-order chi connectivity index (χ0) is 16.8. The molecule has 0 radical (unpaired) electrons. The molecule has 23 heavy (non-hydrogen) atoms. The number of hydrogen-bond donors (Lipinski definition) is 2. The number of aromatic nitrogens is 2. The summed E-state index contributed by atoms with van der Waals surface area (Å²) < 4.78 is 28.4. The highest BCUT2D eigenvalue weighted by molar-refractivity contribution is 5.92. The van der Waals surface area contributed by atoms with E-state index < -0.39 is 6.61 Å². The van der Waals surface area contributed by atoms with Crippen LogP contribution in [0, 0.1) is 5.92 Å². The molecule has 1 aromatic carbocycles. The van der Waals surface area contributed by atoms with Gasteiger partial charge in [-0.25, -0.2) is 0 Å². The molecule has 0 fully saturated rings. The zero-order valence-electron chi connectivity index (χ0n) is 13.0. The second-order valence-corrected chi connectivity index (χ2v) is 5.58. The molecule has 0 atom stereocenters. The van der Waals surface area contributed by atoms with Crippen molar-refractivity contribution < 1.29 is 18.3 Å². The summed E-state index contributed by atoms with van der Waals surface area (Å²) in [5, 5.41) is 9.56. The number of ether oxygens (including phenoxy) is 1. The number of H-pyrrole nitrogens is 1. The van der Waals surface area contributed by atoms with Crippen molar-refractivity contribution in [2.75, 3.05) is 0 Å². The predicted octanol–water partition coefficient (Wildman–Crippen LogP) is 3.14. The maximum Gasteiger partial charge on any atom is 0.387 e. The van der Waals surface area contributed by atoms with Gasteiger partial charge in [0.15, 0.2) is 0 Å². The van der Waals surface area contributed by atoms with Gasteiger partial charge in [-0.1, -0.05) is 26.0 Å². The first-order valence-corrected chi connectivity index (χ1v) is 7.30. The van der Waals surface area contributed by atoms with E-state index in [4.69, 9.17) is 0 Å². The van der Waals surface area contributed by atoms with Crippen LogP contribution >= 0.6 is 0 Å². The molecule has 124 valence electrons. The number of carbonyl (C=O) groups excluding carboxylic acids is 1. The van der Waals surface area contributed by atoms with Crippen molar-refractivity contribution in [3.63, 3.8) is 0 Å². The topological polar surface area (TPSA) is 67.0 Å². The lowest BCUT2D eigenvalue weighted by molar-refractivity contribution is -0.0498. The maximum atomic E-state index is 12.1. The van der Waals surface area contributed by atoms with Crippen LogP contribution in [0.2, 0.25) is 0 Å². The third-order valence-corrected chi connectivity index (χ3v) is 3.09. The van der Waals surface area contributed by atoms with Crippen LogP contribution in [0.4, 0.5) is 8.78 Å². The van der Waals surface area contributed by atoms with Crippen LogP contribution in [0.25, 0.3) is 0 Å². The number of nitrogens with one attached hydrogen (secondary N) is 2. The molecule has 0 spiro atoms. The lowest BCUT2D eigenvalue weighted by atomic mass is 10.1. The van der Waals surface area contributed by atoms with Crippen molar-refractivity contribution in [3.05, 3.63) is 47.3 Å². The lowest BCUT2D eigenvalue weighted by Crippen LogP contribution is -2.23. The van der Waals surface area contributed by atoms with E-state index in [1.807, 2.05) is 0 Å². The van der Waals surface area contributed by atoms with E-state index >= 15 is 0 Å². The van der Waals surface area contributed by atoms with E-state index in [-0.39, 0.29) is 18.2 Å². The number of benzene rings is 1. The second-order valence-electron chi connectivity index (χ2n) is 5.58. The second kappa shape index (κ2) is 7.71. The van der Waals surface area contributed by atoms with E-state index in [0.717, 1.165) is 17.7 Å². The molecule has 2 N–H and O–H groups in total. The third-order valence-electron chi connectivity index (χ3n) is 3.09. The lowest BCUT2D eigenvalue weighted by Gasteiger charge is -2.06. The Morgan fingerprint density at radius 2 is 2.00 bits per heavy atom. The third kappa shape index (κ3) is 5.36. The Hall–Kier alpha value is -2.44. The van der Waals surface area contributed by atoms with Gasteiger partial charge in [0.1, 0.15) is 11.4 Å². The van der Waals surface area contributed by atoms with Gasteiger partial charge in [0.25, 0.3) is 5.91 Å². The Kier molecular flexibility index (Phi) is 5.67. The van der Waals surface area contributed by atoms with Crippen LogP contribution in [-0.4, -0.2) is 22.7 Å². The maximum absolute atomic E-state index is 12.1. The van der Waals surface area contributed by atoms with E-state index in [1.165, 1.54) is 12.1 Å². The van der Waals surface area contributed by atoms with Gasteiger partial charge in [0.05, 0.1) is 0 Å². The van der Waals surface area contributed by atoms with Crippen molar-refractivity contribution in [1.82, 2.24) is 15.5 Å². The normalized spacial score (nSPS) is 11.0. The van der Waals surface area contributed by atoms with Crippen molar-refractivity contribution >= 4 is 5.91 Å². The Labute approximate surface area is 133 Å². The van der Waals surface area contributed by atoms with Crippen molar-refractivity contribution in [3.8, 4) is 5.75 Å². The molecule has 1 aromatic heterocycles. The minimum Gasteiger partial charge on any atom is -0.435 e. The number of rotatable bonds is 7. The SMILES string of the molecule is CC(C)Cc1cc(C(=O)NCc2ccc(OC(F)F)cc2)n[nH]1. The van der Waals surface area contributed by atoms with Crippen LogP contribution in [-0.2, 0) is 13.0 Å². The highest BCUT2D eigenvalue weighted by Gasteiger charge is 2.11. The van der Waals surface area contributed by atoms with E-state index in [2.05, 4.69) is 34.1 Å². The Morgan fingerprint density at radius 3 is 2.61 bits per heavy atom. The first kappa shape index (κ1) is 16.9. The Morgan fingerprint density at radius 1 is 1.30 bits per heavy atom. The summed E-state index contributed by atoms with van der Waals surface area (Å²) >= 11 is 0. The van der Waals surface area contributed by atoms with Crippen LogP contribution in [0.5, 0.6) is 5.75 Å². The molecule has 0 bridgehead atoms. The molecule has 2 aromatic rings. The number of carbonyl (C=O) groups is 1. The first-order chi connectivity index (χ1) is 10.9. The van der Waals surface area contributed by atoms with E-state index in [0.29, 0.717) is 11.6 Å². The van der Waals surface area contributed by atoms with Gasteiger partial charge in [0, 0.05) is 12.2 Å². The highest BCUT2D eigenvalue weighted by atomic mass is 19.3. The molecule has 0 unspecified atom stereocenters. The molecule has 7 heteroatoms. The molecular formula is C16H19F2N3O2. The summed E-state index contributed by atoms with van der Waals surface area (Å²) in [6.07, 6.45) is 0.825. The van der Waals surface area contributed by atoms with Gasteiger partial charge in [0.2, 0.25) is 0 Å². The largest absolute Gasteiger partial charge is 0.435 e. The van der Waals surface area contributed by atoms with Gasteiger partial charge >= 0.3 is 6.61 Å². The van der Waals surface area contributed by atoms with Crippen LogP contribution in [0.1, 0.15) is 35.6 Å². The Balaban J connectivity index is 1.87. The van der Waals surface area contributed by atoms with Crippen LogP contribution < -0.4 is 10.1 Å². The standard InChI is InChI=1S/C16H19F2N3O2/c1-10(2)7-12-8-14(21-20-12)15(22)19-9-11-3-5-13(6-4-11)23-16(17)18/h3-6,8,10,16H,7,9H2,1-2H3,(H,19,22)(H,20,21). The highest BCUT2D eigenvalue weighted by Crippen LogP contribution is 2.15. The monoisotopic (exact) mass is 323 g/mol. The fourth-order valence-corrected chi connectivity index (χ4v) is 2.08. The van der Waals surface area contributed by atoms with Gasteiger partial charge in [-0.3, -0.25) is 9.89 Å². The molecule has 0 aliphatic rings. The molecular weight excluding hydrogens is 304 g/mol. The Bertz CT molecular complexity index is 639. The molecule has 0 aliphatic carbocycles. The number of alkyl halides is 2. The summed E-state index contributed by atoms with van der Waals surface area (Å²) in [4.78, 5) is 12.0. The van der Waals surface area contributed by atoms with Crippen LogP contribution in [0.3, 0.4) is 0 Å². The molecule has 0 saturated carbocycles. The number of halogens is 2. The van der Waals surface area contributed by atoms with E-state index in [9.17, 15) is 13.6 Å². The minimum atomic E-state index is -2.85. The summed E-state index contributed by atoms with van der Waals surface area (Å²) in [6, 6.07) is 7.83. The number of amides is 1. The fraction of sp³-hybridized carbons (Fsp3) is 0.375. The van der Waals surface area contributed by atoms with E-state index in [1.54, 1.807) is 18.2 Å². The fourth-order valence-electron chi connectivity index (χ4n) is 2.08. The van der Waals surface area contributed by atoms with Crippen molar-refractivity contribution in [2.45, 2.75) is 33.4 Å². The molecule has 1 heterocycles. The smallest absolute Gasteiger partial charge is 0.387 e. The summed E-state index contributed by atoms with van der Waals surface area (Å²) in [5.74, 6) is 0.269. The van der Waals surface area contributed by atoms with Gasteiger partial charge in [-0.15, -0.1) is 0 Å². The minimum absolute atomic E-state index is 0.0840. The van der Waals surface area contributed by atoms with Gasteiger partial charge in [-0.2, -0.15) is 13.9 Å². The predicted molar refractivity (Wildman–Crippen MR) is 81.4 cm³/mol. The zero-order valence-corrected chi connectivity index (χ0v) is 13.0. The summed E-state index contributed by atoms with van der Waals surface area (Å²) in [6.45, 7) is 1.60. The quantitative estimate of drug-likeness (QED) is 0.822. The average molecular weight is 323 g/mol. The number of nitrogens with zero attached hydrogens (tertiary/aromatic N) is 1. The first-order valence-electron chi connectivity index (χ1n) is 7.30. The summed E-state index contributed by atoms with van der Waals surface area (Å²) in [7, 11) is 0. The molecule has 1 amide bonds. The van der Waals surface area contributed by atoms with Crippen molar-refractivity contribution in [1.29, 1.82) is 0 Å². The number of aromatic amines is 1. The summed E-state index contributed by atoms with van der Waals surface area (Å²) in [5.41, 5.74) is 2.02. The molecule has 5 nitrogen and oxygen atoms in total. The van der Waals surface area contributed by atoms with Crippen LogP contribution in [0.15, 0.2) is 30.3 Å². The molecule has 2 rings (SSSR count). The van der Waals surface area contributed by atoms with Crippen molar-refractivity contribution in [2.24, 2.45) is 5.92 Å².